The summed E-state index contributed by atoms with van der Waals surface area (Å²) in [4.78, 5) is 23.2. The Bertz CT molecular complexity index is 466. The highest BCUT2D eigenvalue weighted by molar-refractivity contribution is 5.96. The molecule has 0 aliphatic heterocycles. The predicted molar refractivity (Wildman–Crippen MR) is 69.8 cm³/mol. The first-order chi connectivity index (χ1) is 8.57. The molecule has 0 unspecified atom stereocenters. The lowest BCUT2D eigenvalue weighted by Crippen LogP contribution is -2.27. The second kappa shape index (κ2) is 6.83. The van der Waals surface area contributed by atoms with Crippen LogP contribution in [0, 0.1) is 0 Å². The SMILES string of the molecule is CCCCCCNC(=O)c1ccn(C)c(=O)c1O. The Morgan fingerprint density at radius 3 is 2.78 bits per heavy atom. The van der Waals surface area contributed by atoms with E-state index in [9.17, 15) is 14.7 Å². The molecule has 5 nitrogen and oxygen atoms in total. The van der Waals surface area contributed by atoms with Crippen molar-refractivity contribution in [2.24, 2.45) is 7.05 Å². The van der Waals surface area contributed by atoms with Crippen molar-refractivity contribution in [1.29, 1.82) is 0 Å². The van der Waals surface area contributed by atoms with Gasteiger partial charge in [0.2, 0.25) is 0 Å². The van der Waals surface area contributed by atoms with E-state index >= 15 is 0 Å². The van der Waals surface area contributed by atoms with Crippen LogP contribution in [0.5, 0.6) is 5.75 Å². The zero-order valence-electron chi connectivity index (χ0n) is 10.9. The zero-order chi connectivity index (χ0) is 13.5. The Kier molecular flexibility index (Phi) is 5.42. The van der Waals surface area contributed by atoms with Gasteiger partial charge in [-0.1, -0.05) is 26.2 Å². The summed E-state index contributed by atoms with van der Waals surface area (Å²) in [5, 5.41) is 12.3. The van der Waals surface area contributed by atoms with Gasteiger partial charge in [-0.25, -0.2) is 0 Å². The van der Waals surface area contributed by atoms with Crippen molar-refractivity contribution < 1.29 is 9.90 Å². The third-order valence-corrected chi connectivity index (χ3v) is 2.80. The van der Waals surface area contributed by atoms with Crippen molar-refractivity contribution >= 4 is 5.91 Å². The minimum atomic E-state index is -0.561. The summed E-state index contributed by atoms with van der Waals surface area (Å²) in [5.41, 5.74) is -0.526. The maximum absolute atomic E-state index is 11.7. The Morgan fingerprint density at radius 2 is 2.11 bits per heavy atom. The molecule has 1 rings (SSSR count). The minimum absolute atomic E-state index is 0.0357. The van der Waals surface area contributed by atoms with Gasteiger partial charge in [0.25, 0.3) is 11.5 Å². The van der Waals surface area contributed by atoms with E-state index in [1.807, 2.05) is 0 Å². The number of aromatic hydroxyl groups is 1. The fourth-order valence-electron chi connectivity index (χ4n) is 1.65. The van der Waals surface area contributed by atoms with Crippen LogP contribution in [-0.2, 0) is 7.05 Å². The predicted octanol–water partition coefficient (Wildman–Crippen LogP) is 1.40. The summed E-state index contributed by atoms with van der Waals surface area (Å²) < 4.78 is 1.23. The molecular weight excluding hydrogens is 232 g/mol. The molecule has 0 saturated carbocycles. The molecule has 100 valence electrons. The molecule has 0 atom stereocenters. The number of aryl methyl sites for hydroxylation is 1. The smallest absolute Gasteiger partial charge is 0.293 e. The van der Waals surface area contributed by atoms with Crippen molar-refractivity contribution in [1.82, 2.24) is 9.88 Å². The van der Waals surface area contributed by atoms with Gasteiger partial charge in [-0.15, -0.1) is 0 Å². The fraction of sp³-hybridized carbons (Fsp3) is 0.538. The molecule has 0 saturated heterocycles. The number of rotatable bonds is 6. The number of nitrogens with zero attached hydrogens (tertiary/aromatic N) is 1. The number of pyridine rings is 1. The van der Waals surface area contributed by atoms with E-state index in [1.165, 1.54) is 23.9 Å². The number of unbranched alkanes of at least 4 members (excludes halogenated alkanes) is 3. The molecule has 1 aromatic heterocycles. The van der Waals surface area contributed by atoms with Gasteiger partial charge in [-0.2, -0.15) is 0 Å². The molecule has 5 heteroatoms. The average molecular weight is 252 g/mol. The number of hydrogen-bond acceptors (Lipinski definition) is 3. The second-order valence-corrected chi connectivity index (χ2v) is 4.31. The molecule has 18 heavy (non-hydrogen) atoms. The molecule has 1 heterocycles. The Hall–Kier alpha value is -1.78. The molecule has 0 aliphatic rings. The van der Waals surface area contributed by atoms with Gasteiger partial charge < -0.3 is 15.0 Å². The summed E-state index contributed by atoms with van der Waals surface area (Å²) in [5.74, 6) is -0.896. The lowest BCUT2D eigenvalue weighted by molar-refractivity contribution is 0.0950. The normalized spacial score (nSPS) is 10.3. The first-order valence-corrected chi connectivity index (χ1v) is 6.24. The molecule has 2 N–H and O–H groups in total. The number of hydrogen-bond donors (Lipinski definition) is 2. The first-order valence-electron chi connectivity index (χ1n) is 6.24. The Morgan fingerprint density at radius 1 is 1.39 bits per heavy atom. The van der Waals surface area contributed by atoms with Crippen LogP contribution in [0.1, 0.15) is 43.0 Å². The first kappa shape index (κ1) is 14.3. The van der Waals surface area contributed by atoms with Crippen LogP contribution in [-0.4, -0.2) is 22.1 Å². The quantitative estimate of drug-likeness (QED) is 0.752. The summed E-state index contributed by atoms with van der Waals surface area (Å²) >= 11 is 0. The summed E-state index contributed by atoms with van der Waals surface area (Å²) in [6.45, 7) is 2.68. The Balaban J connectivity index is 2.57. The lowest BCUT2D eigenvalue weighted by atomic mass is 10.2. The number of nitrogens with one attached hydrogen (secondary N) is 1. The van der Waals surface area contributed by atoms with Gasteiger partial charge >= 0.3 is 0 Å². The van der Waals surface area contributed by atoms with Crippen molar-refractivity contribution in [2.45, 2.75) is 32.6 Å². The van der Waals surface area contributed by atoms with Crippen LogP contribution in [0.15, 0.2) is 17.1 Å². The number of aromatic nitrogens is 1. The molecule has 0 spiro atoms. The van der Waals surface area contributed by atoms with Crippen molar-refractivity contribution in [3.05, 3.63) is 28.2 Å². The van der Waals surface area contributed by atoms with Crippen molar-refractivity contribution in [3.8, 4) is 5.75 Å². The van der Waals surface area contributed by atoms with E-state index in [2.05, 4.69) is 12.2 Å². The Labute approximate surface area is 106 Å². The zero-order valence-corrected chi connectivity index (χ0v) is 10.9. The van der Waals surface area contributed by atoms with E-state index < -0.39 is 17.2 Å². The third-order valence-electron chi connectivity index (χ3n) is 2.80. The molecule has 0 radical (unpaired) electrons. The number of carbonyl (C=O) groups excluding carboxylic acids is 1. The molecule has 1 aromatic rings. The molecule has 0 aliphatic carbocycles. The maximum atomic E-state index is 11.7. The molecule has 0 bridgehead atoms. The fourth-order valence-corrected chi connectivity index (χ4v) is 1.65. The highest BCUT2D eigenvalue weighted by atomic mass is 16.3. The standard InChI is InChI=1S/C13H20N2O3/c1-3-4-5-6-8-14-12(17)10-7-9-15(2)13(18)11(10)16/h7,9,16H,3-6,8H2,1-2H3,(H,14,17). The van der Waals surface area contributed by atoms with E-state index in [4.69, 9.17) is 0 Å². The summed E-state index contributed by atoms with van der Waals surface area (Å²) in [6.07, 6.45) is 5.73. The van der Waals surface area contributed by atoms with Gasteiger partial charge in [-0.05, 0) is 12.5 Å². The van der Waals surface area contributed by atoms with Gasteiger partial charge in [0, 0.05) is 19.8 Å². The van der Waals surface area contributed by atoms with Gasteiger partial charge in [0.15, 0.2) is 5.75 Å². The van der Waals surface area contributed by atoms with Gasteiger partial charge in [0.05, 0.1) is 5.56 Å². The van der Waals surface area contributed by atoms with Crippen LogP contribution in [0.2, 0.25) is 0 Å². The van der Waals surface area contributed by atoms with Crippen molar-refractivity contribution in [2.75, 3.05) is 6.54 Å². The van der Waals surface area contributed by atoms with Crippen LogP contribution in [0.3, 0.4) is 0 Å². The largest absolute Gasteiger partial charge is 0.502 e. The molecular formula is C13H20N2O3. The summed E-state index contributed by atoms with van der Waals surface area (Å²) in [7, 11) is 1.52. The van der Waals surface area contributed by atoms with E-state index in [0.717, 1.165) is 25.7 Å². The minimum Gasteiger partial charge on any atom is -0.502 e. The van der Waals surface area contributed by atoms with Crippen LogP contribution in [0.25, 0.3) is 0 Å². The third kappa shape index (κ3) is 3.61. The summed E-state index contributed by atoms with van der Waals surface area (Å²) in [6, 6.07) is 1.44. The monoisotopic (exact) mass is 252 g/mol. The van der Waals surface area contributed by atoms with Gasteiger partial charge in [-0.3, -0.25) is 9.59 Å². The average Bonchev–Trinajstić information content (AvgIpc) is 2.35. The van der Waals surface area contributed by atoms with Crippen LogP contribution < -0.4 is 10.9 Å². The molecule has 0 fully saturated rings. The van der Waals surface area contributed by atoms with E-state index in [-0.39, 0.29) is 5.56 Å². The second-order valence-electron chi connectivity index (χ2n) is 4.31. The molecule has 1 amide bonds. The highest BCUT2D eigenvalue weighted by Gasteiger charge is 2.13. The van der Waals surface area contributed by atoms with Crippen LogP contribution in [0.4, 0.5) is 0 Å². The lowest BCUT2D eigenvalue weighted by Gasteiger charge is -2.07. The number of carbonyl (C=O) groups is 1. The van der Waals surface area contributed by atoms with Crippen molar-refractivity contribution in [3.63, 3.8) is 0 Å². The topological polar surface area (TPSA) is 71.3 Å². The highest BCUT2D eigenvalue weighted by Crippen LogP contribution is 2.09. The number of amides is 1. The van der Waals surface area contributed by atoms with E-state index in [0.29, 0.717) is 6.54 Å². The molecule has 0 aromatic carbocycles. The maximum Gasteiger partial charge on any atom is 0.293 e. The van der Waals surface area contributed by atoms with Gasteiger partial charge in [0.1, 0.15) is 0 Å². The van der Waals surface area contributed by atoms with Crippen LogP contribution >= 0.6 is 0 Å². The van der Waals surface area contributed by atoms with E-state index in [1.54, 1.807) is 0 Å².